The summed E-state index contributed by atoms with van der Waals surface area (Å²) in [5.74, 6) is 1.25. The SMILES string of the molecule is CC(C)c1nnc(Cl)n1Cc1ccccc1. The number of nitrogens with zero attached hydrogens (tertiary/aromatic N) is 3. The highest BCUT2D eigenvalue weighted by Crippen LogP contribution is 2.18. The minimum absolute atomic E-state index is 0.323. The average Bonchev–Trinajstić information content (AvgIpc) is 2.62. The van der Waals surface area contributed by atoms with Gasteiger partial charge in [-0.05, 0) is 17.2 Å². The molecule has 2 aromatic rings. The number of hydrogen-bond acceptors (Lipinski definition) is 2. The van der Waals surface area contributed by atoms with Crippen LogP contribution < -0.4 is 0 Å². The minimum Gasteiger partial charge on any atom is -0.297 e. The van der Waals surface area contributed by atoms with Crippen LogP contribution >= 0.6 is 11.6 Å². The smallest absolute Gasteiger partial charge is 0.225 e. The lowest BCUT2D eigenvalue weighted by Gasteiger charge is -2.09. The van der Waals surface area contributed by atoms with E-state index in [9.17, 15) is 0 Å². The highest BCUT2D eigenvalue weighted by atomic mass is 35.5. The van der Waals surface area contributed by atoms with Gasteiger partial charge in [0, 0.05) is 5.92 Å². The maximum atomic E-state index is 6.03. The summed E-state index contributed by atoms with van der Waals surface area (Å²) in [6.07, 6.45) is 0. The first-order valence-electron chi connectivity index (χ1n) is 5.31. The van der Waals surface area contributed by atoms with Crippen molar-refractivity contribution in [2.45, 2.75) is 26.3 Å². The molecule has 3 nitrogen and oxygen atoms in total. The van der Waals surface area contributed by atoms with E-state index in [2.05, 4.69) is 36.2 Å². The van der Waals surface area contributed by atoms with Crippen LogP contribution in [0.15, 0.2) is 30.3 Å². The van der Waals surface area contributed by atoms with Crippen LogP contribution in [0.4, 0.5) is 0 Å². The zero-order valence-corrected chi connectivity index (χ0v) is 10.1. The monoisotopic (exact) mass is 235 g/mol. The number of hydrogen-bond donors (Lipinski definition) is 0. The fraction of sp³-hybridized carbons (Fsp3) is 0.333. The van der Waals surface area contributed by atoms with Crippen LogP contribution in [0.1, 0.15) is 31.2 Å². The highest BCUT2D eigenvalue weighted by Gasteiger charge is 2.13. The van der Waals surface area contributed by atoms with E-state index in [0.717, 1.165) is 12.4 Å². The van der Waals surface area contributed by atoms with Gasteiger partial charge in [-0.15, -0.1) is 10.2 Å². The molecule has 0 aliphatic heterocycles. The van der Waals surface area contributed by atoms with Gasteiger partial charge in [-0.2, -0.15) is 0 Å². The van der Waals surface area contributed by atoms with E-state index >= 15 is 0 Å². The van der Waals surface area contributed by atoms with Crippen molar-refractivity contribution in [1.29, 1.82) is 0 Å². The van der Waals surface area contributed by atoms with Gasteiger partial charge in [-0.3, -0.25) is 4.57 Å². The normalized spacial score (nSPS) is 11.0. The number of benzene rings is 1. The van der Waals surface area contributed by atoms with Crippen molar-refractivity contribution in [3.05, 3.63) is 47.0 Å². The molecule has 16 heavy (non-hydrogen) atoms. The van der Waals surface area contributed by atoms with Crippen molar-refractivity contribution in [1.82, 2.24) is 14.8 Å². The molecule has 1 aromatic carbocycles. The molecule has 0 spiro atoms. The Labute approximate surface area is 100 Å². The average molecular weight is 236 g/mol. The van der Waals surface area contributed by atoms with Gasteiger partial charge in [0.25, 0.3) is 0 Å². The molecule has 0 amide bonds. The zero-order valence-electron chi connectivity index (χ0n) is 9.39. The number of rotatable bonds is 3. The van der Waals surface area contributed by atoms with Crippen LogP contribution in [0.5, 0.6) is 0 Å². The third-order valence-corrected chi connectivity index (χ3v) is 2.71. The Bertz CT molecular complexity index is 462. The molecular formula is C12H14ClN3. The Balaban J connectivity index is 2.31. The van der Waals surface area contributed by atoms with Crippen LogP contribution in [0, 0.1) is 0 Å². The van der Waals surface area contributed by atoms with Crippen molar-refractivity contribution in [3.63, 3.8) is 0 Å². The van der Waals surface area contributed by atoms with Gasteiger partial charge in [0.05, 0.1) is 6.54 Å². The van der Waals surface area contributed by atoms with E-state index in [1.807, 2.05) is 22.8 Å². The van der Waals surface area contributed by atoms with E-state index in [4.69, 9.17) is 11.6 Å². The predicted molar refractivity (Wildman–Crippen MR) is 64.7 cm³/mol. The van der Waals surface area contributed by atoms with E-state index in [-0.39, 0.29) is 0 Å². The maximum absolute atomic E-state index is 6.03. The van der Waals surface area contributed by atoms with Gasteiger partial charge in [-0.25, -0.2) is 0 Å². The van der Waals surface area contributed by atoms with Crippen LogP contribution in [-0.2, 0) is 6.54 Å². The largest absolute Gasteiger partial charge is 0.297 e. The third-order valence-electron chi connectivity index (χ3n) is 2.43. The van der Waals surface area contributed by atoms with Gasteiger partial charge in [0.15, 0.2) is 0 Å². The van der Waals surface area contributed by atoms with Gasteiger partial charge in [0.2, 0.25) is 5.28 Å². The summed E-state index contributed by atoms with van der Waals surface area (Å²) in [6, 6.07) is 10.2. The molecule has 0 fully saturated rings. The van der Waals surface area contributed by atoms with Crippen LogP contribution in [0.2, 0.25) is 5.28 Å². The first-order valence-corrected chi connectivity index (χ1v) is 5.69. The van der Waals surface area contributed by atoms with Crippen molar-refractivity contribution in [2.24, 2.45) is 0 Å². The number of halogens is 1. The Kier molecular flexibility index (Phi) is 3.25. The minimum atomic E-state index is 0.323. The first kappa shape index (κ1) is 11.1. The quantitative estimate of drug-likeness (QED) is 0.819. The second kappa shape index (κ2) is 4.66. The summed E-state index contributed by atoms with van der Waals surface area (Å²) in [5, 5.41) is 8.46. The molecule has 0 saturated heterocycles. The lowest BCUT2D eigenvalue weighted by Crippen LogP contribution is -2.06. The van der Waals surface area contributed by atoms with Crippen LogP contribution in [0.3, 0.4) is 0 Å². The number of aromatic nitrogens is 3. The summed E-state index contributed by atoms with van der Waals surface area (Å²) >= 11 is 6.03. The summed E-state index contributed by atoms with van der Waals surface area (Å²) in [7, 11) is 0. The third kappa shape index (κ3) is 2.25. The topological polar surface area (TPSA) is 30.7 Å². The van der Waals surface area contributed by atoms with Gasteiger partial charge < -0.3 is 0 Å². The van der Waals surface area contributed by atoms with Gasteiger partial charge in [0.1, 0.15) is 5.82 Å². The zero-order chi connectivity index (χ0) is 11.5. The Morgan fingerprint density at radius 2 is 1.88 bits per heavy atom. The maximum Gasteiger partial charge on any atom is 0.225 e. The molecule has 0 N–H and O–H groups in total. The molecule has 2 rings (SSSR count). The molecule has 0 aliphatic rings. The summed E-state index contributed by atoms with van der Waals surface area (Å²) in [5.41, 5.74) is 1.20. The molecule has 1 aromatic heterocycles. The Morgan fingerprint density at radius 1 is 1.19 bits per heavy atom. The summed E-state index contributed by atoms with van der Waals surface area (Å²) < 4.78 is 1.95. The second-order valence-electron chi connectivity index (χ2n) is 4.05. The molecule has 1 heterocycles. The fourth-order valence-corrected chi connectivity index (χ4v) is 1.82. The molecular weight excluding hydrogens is 222 g/mol. The standard InChI is InChI=1S/C12H14ClN3/c1-9(2)11-14-15-12(13)16(11)8-10-6-4-3-5-7-10/h3-7,9H,8H2,1-2H3. The van der Waals surface area contributed by atoms with Crippen molar-refractivity contribution in [2.75, 3.05) is 0 Å². The molecule has 0 aliphatic carbocycles. The first-order chi connectivity index (χ1) is 7.68. The molecule has 0 radical (unpaired) electrons. The fourth-order valence-electron chi connectivity index (χ4n) is 1.63. The molecule has 0 atom stereocenters. The van der Waals surface area contributed by atoms with E-state index in [1.54, 1.807) is 0 Å². The lowest BCUT2D eigenvalue weighted by atomic mass is 10.2. The molecule has 84 valence electrons. The lowest BCUT2D eigenvalue weighted by molar-refractivity contribution is 0.669. The molecule has 4 heteroatoms. The van der Waals surface area contributed by atoms with Crippen molar-refractivity contribution in [3.8, 4) is 0 Å². The van der Waals surface area contributed by atoms with Gasteiger partial charge in [-0.1, -0.05) is 44.2 Å². The highest BCUT2D eigenvalue weighted by molar-refractivity contribution is 6.28. The van der Waals surface area contributed by atoms with Crippen LogP contribution in [0.25, 0.3) is 0 Å². The summed E-state index contributed by atoms with van der Waals surface area (Å²) in [4.78, 5) is 0. The summed E-state index contributed by atoms with van der Waals surface area (Å²) in [6.45, 7) is 4.89. The van der Waals surface area contributed by atoms with E-state index in [1.165, 1.54) is 5.56 Å². The molecule has 0 unspecified atom stereocenters. The predicted octanol–water partition coefficient (Wildman–Crippen LogP) is 3.10. The van der Waals surface area contributed by atoms with Crippen molar-refractivity contribution >= 4 is 11.6 Å². The van der Waals surface area contributed by atoms with Gasteiger partial charge >= 0.3 is 0 Å². The Morgan fingerprint density at radius 3 is 2.50 bits per heavy atom. The Hall–Kier alpha value is -1.35. The second-order valence-corrected chi connectivity index (χ2v) is 4.39. The van der Waals surface area contributed by atoms with E-state index < -0.39 is 0 Å². The van der Waals surface area contributed by atoms with Crippen molar-refractivity contribution < 1.29 is 0 Å². The molecule has 0 bridgehead atoms. The molecule has 0 saturated carbocycles. The van der Waals surface area contributed by atoms with Crippen LogP contribution in [-0.4, -0.2) is 14.8 Å². The van der Waals surface area contributed by atoms with E-state index in [0.29, 0.717) is 11.2 Å².